The molecule has 0 fully saturated rings. The molecule has 1 N–H and O–H groups in total. The highest BCUT2D eigenvalue weighted by atomic mass is 35.5. The largest absolute Gasteiger partial charge is 0.494 e. The monoisotopic (exact) mass is 279 g/mol. The molecule has 0 radical (unpaired) electrons. The van der Waals surface area contributed by atoms with Crippen LogP contribution in [-0.4, -0.2) is 33.4 Å². The molecule has 0 atom stereocenters. The molecule has 0 aliphatic carbocycles. The maximum atomic E-state index is 11.2. The fourth-order valence-electron chi connectivity index (χ4n) is 1.64. The molecule has 0 aliphatic heterocycles. The first kappa shape index (κ1) is 13.2. The van der Waals surface area contributed by atoms with Gasteiger partial charge in [0.05, 0.1) is 19.0 Å². The van der Waals surface area contributed by atoms with Gasteiger partial charge in [0.15, 0.2) is 5.69 Å². The number of pyridine rings is 1. The van der Waals surface area contributed by atoms with E-state index in [0.717, 1.165) is 0 Å². The number of rotatable bonds is 3. The molecule has 2 aromatic rings. The normalized spacial score (nSPS) is 10.3. The summed E-state index contributed by atoms with van der Waals surface area (Å²) in [4.78, 5) is 15.1. The van der Waals surface area contributed by atoms with E-state index < -0.39 is 5.97 Å². The molecule has 2 aromatic heterocycles. The third-order valence-corrected chi connectivity index (χ3v) is 2.67. The van der Waals surface area contributed by atoms with Crippen molar-refractivity contribution < 1.29 is 14.6 Å². The molecule has 0 aromatic carbocycles. The Labute approximate surface area is 114 Å². The van der Waals surface area contributed by atoms with Gasteiger partial charge < -0.3 is 9.84 Å². The van der Waals surface area contributed by atoms with E-state index in [1.165, 1.54) is 19.4 Å². The number of hydrogen-bond donors (Lipinski definition) is 1. The van der Waals surface area contributed by atoms with Gasteiger partial charge in [0.2, 0.25) is 0 Å². The number of aromatic carboxylic acids is 1. The number of carbonyl (C=O) groups is 1. The average molecular weight is 280 g/mol. The van der Waals surface area contributed by atoms with Gasteiger partial charge in [-0.3, -0.25) is 0 Å². The lowest BCUT2D eigenvalue weighted by atomic mass is 10.0. The minimum Gasteiger partial charge on any atom is -0.494 e. The summed E-state index contributed by atoms with van der Waals surface area (Å²) in [5.74, 6) is -0.753. The first-order valence-electron chi connectivity index (χ1n) is 5.30. The first-order chi connectivity index (χ1) is 9.02. The van der Waals surface area contributed by atoms with Crippen molar-refractivity contribution in [1.29, 1.82) is 0 Å². The highest BCUT2D eigenvalue weighted by Gasteiger charge is 2.18. The van der Waals surface area contributed by atoms with Crippen LogP contribution in [0.1, 0.15) is 16.2 Å². The van der Waals surface area contributed by atoms with Gasteiger partial charge in [-0.15, -0.1) is 5.10 Å². The number of carboxylic acid groups (broad SMARTS) is 1. The molecule has 0 aliphatic rings. The number of nitrogens with zero attached hydrogens (tertiary/aromatic N) is 3. The van der Waals surface area contributed by atoms with Gasteiger partial charge in [0.1, 0.15) is 10.9 Å². The van der Waals surface area contributed by atoms with Gasteiger partial charge in [0.25, 0.3) is 0 Å². The van der Waals surface area contributed by atoms with Crippen LogP contribution in [0.3, 0.4) is 0 Å². The zero-order valence-corrected chi connectivity index (χ0v) is 11.0. The number of hydrogen-bond acceptors (Lipinski definition) is 5. The van der Waals surface area contributed by atoms with Gasteiger partial charge in [-0.05, 0) is 19.1 Å². The smallest absolute Gasteiger partial charge is 0.357 e. The summed E-state index contributed by atoms with van der Waals surface area (Å²) in [6, 6.07) is 3.15. The molecular weight excluding hydrogens is 270 g/mol. The Balaban J connectivity index is 2.73. The lowest BCUT2D eigenvalue weighted by Gasteiger charge is -2.10. The van der Waals surface area contributed by atoms with Crippen LogP contribution in [0.25, 0.3) is 11.1 Å². The zero-order valence-electron chi connectivity index (χ0n) is 10.2. The van der Waals surface area contributed by atoms with Crippen molar-refractivity contribution >= 4 is 17.6 Å². The van der Waals surface area contributed by atoms with Crippen LogP contribution in [0.15, 0.2) is 18.3 Å². The summed E-state index contributed by atoms with van der Waals surface area (Å²) in [5, 5.41) is 16.8. The van der Waals surface area contributed by atoms with Crippen LogP contribution < -0.4 is 4.74 Å². The van der Waals surface area contributed by atoms with E-state index in [4.69, 9.17) is 21.4 Å². The lowest BCUT2D eigenvalue weighted by molar-refractivity contribution is 0.0690. The molecular formula is C12H10ClN3O3. The molecule has 0 saturated heterocycles. The Morgan fingerprint density at radius 1 is 1.32 bits per heavy atom. The third-order valence-electron chi connectivity index (χ3n) is 2.46. The van der Waals surface area contributed by atoms with Crippen LogP contribution in [0.4, 0.5) is 0 Å². The molecule has 0 unspecified atom stereocenters. The van der Waals surface area contributed by atoms with Crippen molar-refractivity contribution in [1.82, 2.24) is 15.2 Å². The highest BCUT2D eigenvalue weighted by molar-refractivity contribution is 6.29. The third kappa shape index (κ3) is 2.63. The maximum Gasteiger partial charge on any atom is 0.357 e. The maximum absolute atomic E-state index is 11.2. The predicted molar refractivity (Wildman–Crippen MR) is 68.5 cm³/mol. The van der Waals surface area contributed by atoms with Crippen LogP contribution in [-0.2, 0) is 0 Å². The topological polar surface area (TPSA) is 85.2 Å². The summed E-state index contributed by atoms with van der Waals surface area (Å²) >= 11 is 5.85. The lowest BCUT2D eigenvalue weighted by Crippen LogP contribution is -2.06. The highest BCUT2D eigenvalue weighted by Crippen LogP contribution is 2.32. The zero-order chi connectivity index (χ0) is 14.0. The summed E-state index contributed by atoms with van der Waals surface area (Å²) in [6.45, 7) is 1.72. The Morgan fingerprint density at radius 2 is 2.05 bits per heavy atom. The second kappa shape index (κ2) is 5.19. The van der Waals surface area contributed by atoms with Crippen LogP contribution in [0, 0.1) is 6.92 Å². The Kier molecular flexibility index (Phi) is 3.62. The van der Waals surface area contributed by atoms with E-state index >= 15 is 0 Å². The fraction of sp³-hybridized carbons (Fsp3) is 0.167. The molecule has 0 amide bonds. The van der Waals surface area contributed by atoms with E-state index in [1.54, 1.807) is 13.0 Å². The van der Waals surface area contributed by atoms with Gasteiger partial charge in [-0.1, -0.05) is 11.6 Å². The van der Waals surface area contributed by atoms with Crippen molar-refractivity contribution in [3.63, 3.8) is 0 Å². The predicted octanol–water partition coefficient (Wildman–Crippen LogP) is 2.21. The summed E-state index contributed by atoms with van der Waals surface area (Å²) in [6.07, 6.45) is 1.43. The molecule has 2 heterocycles. The molecule has 0 saturated carbocycles. The number of aryl methyl sites for hydroxylation is 1. The summed E-state index contributed by atoms with van der Waals surface area (Å²) < 4.78 is 5.17. The second-order valence-corrected chi connectivity index (χ2v) is 4.15. The van der Waals surface area contributed by atoms with E-state index in [2.05, 4.69) is 15.2 Å². The number of aromatic nitrogens is 3. The second-order valence-electron chi connectivity index (χ2n) is 3.76. The van der Waals surface area contributed by atoms with Gasteiger partial charge in [0, 0.05) is 11.1 Å². The van der Waals surface area contributed by atoms with Crippen molar-refractivity contribution in [2.75, 3.05) is 7.11 Å². The fourth-order valence-corrected chi connectivity index (χ4v) is 1.80. The number of ether oxygens (including phenoxy) is 1. The van der Waals surface area contributed by atoms with E-state index in [1.807, 2.05) is 0 Å². The van der Waals surface area contributed by atoms with Crippen LogP contribution >= 0.6 is 11.6 Å². The minimum atomic E-state index is -1.17. The van der Waals surface area contributed by atoms with Crippen molar-refractivity contribution in [2.24, 2.45) is 0 Å². The molecule has 6 nitrogen and oxygen atoms in total. The van der Waals surface area contributed by atoms with E-state index in [9.17, 15) is 4.79 Å². The molecule has 0 spiro atoms. The number of carboxylic acids is 1. The van der Waals surface area contributed by atoms with Crippen LogP contribution in [0.5, 0.6) is 5.75 Å². The minimum absolute atomic E-state index is 0.161. The van der Waals surface area contributed by atoms with E-state index in [0.29, 0.717) is 22.6 Å². The molecule has 19 heavy (non-hydrogen) atoms. The summed E-state index contributed by atoms with van der Waals surface area (Å²) in [5.41, 5.74) is 1.33. The van der Waals surface area contributed by atoms with Gasteiger partial charge in [-0.25, -0.2) is 9.78 Å². The average Bonchev–Trinajstić information content (AvgIpc) is 2.38. The number of halogens is 1. The van der Waals surface area contributed by atoms with Gasteiger partial charge >= 0.3 is 5.97 Å². The van der Waals surface area contributed by atoms with Gasteiger partial charge in [-0.2, -0.15) is 5.10 Å². The Hall–Kier alpha value is -2.21. The summed E-state index contributed by atoms with van der Waals surface area (Å²) in [7, 11) is 1.47. The van der Waals surface area contributed by atoms with Crippen molar-refractivity contribution in [3.05, 3.63) is 34.9 Å². The first-order valence-corrected chi connectivity index (χ1v) is 5.68. The standard InChI is InChI=1S/C12H10ClN3O3/c1-6-3-8(11(12(17)18)16-15-6)7-4-10(13)14-5-9(7)19-2/h3-5H,1-2H3,(H,17,18). The van der Waals surface area contributed by atoms with E-state index in [-0.39, 0.29) is 10.8 Å². The SMILES string of the molecule is COc1cnc(Cl)cc1-c1cc(C)nnc1C(=O)O. The van der Waals surface area contributed by atoms with Crippen molar-refractivity contribution in [3.8, 4) is 16.9 Å². The molecule has 98 valence electrons. The Bertz CT molecular complexity index is 646. The molecule has 7 heteroatoms. The molecule has 2 rings (SSSR count). The quantitative estimate of drug-likeness (QED) is 0.867. The molecule has 0 bridgehead atoms. The van der Waals surface area contributed by atoms with Crippen LogP contribution in [0.2, 0.25) is 5.15 Å². The number of methoxy groups -OCH3 is 1. The Morgan fingerprint density at radius 3 is 2.68 bits per heavy atom. The van der Waals surface area contributed by atoms with Crippen molar-refractivity contribution in [2.45, 2.75) is 6.92 Å².